The number of nitrogen functional groups attached to an aromatic ring is 1. The van der Waals surface area contributed by atoms with E-state index in [2.05, 4.69) is 64.1 Å². The monoisotopic (exact) mass is 548 g/mol. The molecular weight excluding hydrogens is 503 g/mol. The first kappa shape index (κ1) is 29.7. The van der Waals surface area contributed by atoms with Crippen molar-refractivity contribution in [2.75, 3.05) is 30.8 Å². The van der Waals surface area contributed by atoms with Crippen molar-refractivity contribution in [3.63, 3.8) is 0 Å². The van der Waals surface area contributed by atoms with Crippen LogP contribution in [0.15, 0.2) is 36.4 Å². The van der Waals surface area contributed by atoms with Crippen LogP contribution in [0, 0.1) is 5.82 Å². The second-order valence-electron chi connectivity index (χ2n) is 10.6. The quantitative estimate of drug-likeness (QED) is 0.189. The molecule has 1 fully saturated rings. The minimum absolute atomic E-state index is 0.0923. The fourth-order valence-electron chi connectivity index (χ4n) is 5.41. The van der Waals surface area contributed by atoms with Gasteiger partial charge in [0.2, 0.25) is 5.95 Å². The highest BCUT2D eigenvalue weighted by atomic mass is 19.1. The second-order valence-corrected chi connectivity index (χ2v) is 10.6. The fourth-order valence-corrected chi connectivity index (χ4v) is 5.41. The van der Waals surface area contributed by atoms with Gasteiger partial charge in [0.25, 0.3) is 0 Å². The summed E-state index contributed by atoms with van der Waals surface area (Å²) in [5.74, 6) is 0.586. The number of hydrogen-bond donors (Lipinski definition) is 3. The smallest absolute Gasteiger partial charge is 0.222 e. The molecule has 0 bridgehead atoms. The zero-order chi connectivity index (χ0) is 28.7. The first-order valence-electron chi connectivity index (χ1n) is 14.8. The Morgan fingerprint density at radius 1 is 1.05 bits per heavy atom. The van der Waals surface area contributed by atoms with Crippen LogP contribution < -0.4 is 16.4 Å². The van der Waals surface area contributed by atoms with Crippen molar-refractivity contribution in [2.24, 2.45) is 0 Å². The number of nitrogens with two attached hydrogens (primary N) is 1. The van der Waals surface area contributed by atoms with Crippen LogP contribution in [-0.2, 0) is 24.2 Å². The summed E-state index contributed by atoms with van der Waals surface area (Å²) in [5.41, 5.74) is 12.4. The van der Waals surface area contributed by atoms with E-state index in [1.54, 1.807) is 6.07 Å². The van der Waals surface area contributed by atoms with E-state index in [9.17, 15) is 4.39 Å². The molecule has 0 aliphatic carbocycles. The van der Waals surface area contributed by atoms with Gasteiger partial charge in [0.15, 0.2) is 5.82 Å². The number of hydrogen-bond acceptors (Lipinski definition) is 6. The van der Waals surface area contributed by atoms with E-state index in [0.717, 1.165) is 74.8 Å². The van der Waals surface area contributed by atoms with Gasteiger partial charge in [0, 0.05) is 43.8 Å². The molecule has 4 aromatic rings. The number of ether oxygens (including phenoxy) is 1. The molecule has 3 heterocycles. The summed E-state index contributed by atoms with van der Waals surface area (Å²) in [6.07, 6.45) is 5.04. The van der Waals surface area contributed by atoms with Crippen LogP contribution >= 0.6 is 0 Å². The molecule has 1 aliphatic rings. The summed E-state index contributed by atoms with van der Waals surface area (Å²) in [7, 11) is 0. The lowest BCUT2D eigenvalue weighted by atomic mass is 9.92. The molecule has 7 nitrogen and oxygen atoms in total. The van der Waals surface area contributed by atoms with Gasteiger partial charge in [-0.2, -0.15) is 4.98 Å². The van der Waals surface area contributed by atoms with Crippen LogP contribution in [0.3, 0.4) is 0 Å². The molecular formula is C32H45FN6O. The maximum Gasteiger partial charge on any atom is 0.222 e. The van der Waals surface area contributed by atoms with Gasteiger partial charge in [-0.15, -0.1) is 0 Å². The first-order valence-corrected chi connectivity index (χ1v) is 14.8. The summed E-state index contributed by atoms with van der Waals surface area (Å²) < 4.78 is 22.1. The van der Waals surface area contributed by atoms with Gasteiger partial charge < -0.3 is 25.7 Å². The van der Waals surface area contributed by atoms with Crippen molar-refractivity contribution < 1.29 is 9.13 Å². The van der Waals surface area contributed by atoms with Crippen molar-refractivity contribution in [2.45, 2.75) is 85.4 Å². The zero-order valence-electron chi connectivity index (χ0n) is 24.7. The highest BCUT2D eigenvalue weighted by Crippen LogP contribution is 2.34. The van der Waals surface area contributed by atoms with Crippen LogP contribution in [0.1, 0.15) is 77.0 Å². The van der Waals surface area contributed by atoms with E-state index in [1.165, 1.54) is 22.8 Å². The van der Waals surface area contributed by atoms with Crippen molar-refractivity contribution in [1.29, 1.82) is 0 Å². The number of halogens is 1. The average Bonchev–Trinajstić information content (AvgIpc) is 3.26. The lowest BCUT2D eigenvalue weighted by molar-refractivity contribution is 0.0446. The Bertz CT molecular complexity index is 1430. The van der Waals surface area contributed by atoms with Gasteiger partial charge in [0.05, 0.1) is 5.52 Å². The maximum absolute atomic E-state index is 14.4. The number of unbranched alkanes of at least 4 members (excludes halogenated alkanes) is 1. The molecule has 5 rings (SSSR count). The summed E-state index contributed by atoms with van der Waals surface area (Å²) >= 11 is 0. The van der Waals surface area contributed by atoms with E-state index < -0.39 is 0 Å². The van der Waals surface area contributed by atoms with Crippen LogP contribution in [0.25, 0.3) is 21.9 Å². The van der Waals surface area contributed by atoms with Crippen LogP contribution in [0.5, 0.6) is 0 Å². The minimum atomic E-state index is -0.293. The molecule has 0 atom stereocenters. The standard InChI is InChI=1S/C30H39FN6O.C2H6/c1-4-6-13-33-28-27-26(35-29(32)36-28)24-17-23(31)9-10-25(24)37(27)19-22-16-20(7-8-21(22)5-2)18-34-30(3)11-14-38-15-12-30;1-2/h7-10,16-17,34H,4-6,11-15,18-19H2,1-3H3,(H3,32,33,35,36);1-2H3. The number of nitrogens with one attached hydrogen (secondary N) is 2. The highest BCUT2D eigenvalue weighted by molar-refractivity contribution is 6.09. The molecule has 0 radical (unpaired) electrons. The number of benzene rings is 2. The van der Waals surface area contributed by atoms with Gasteiger partial charge in [0.1, 0.15) is 16.9 Å². The molecule has 216 valence electrons. The van der Waals surface area contributed by atoms with E-state index >= 15 is 0 Å². The predicted molar refractivity (Wildman–Crippen MR) is 164 cm³/mol. The van der Waals surface area contributed by atoms with Crippen LogP contribution in [0.2, 0.25) is 0 Å². The molecule has 0 saturated carbocycles. The molecule has 4 N–H and O–H groups in total. The Morgan fingerprint density at radius 2 is 1.82 bits per heavy atom. The molecule has 0 amide bonds. The van der Waals surface area contributed by atoms with Gasteiger partial charge in [-0.3, -0.25) is 0 Å². The predicted octanol–water partition coefficient (Wildman–Crippen LogP) is 6.81. The Balaban J connectivity index is 0.00000181. The Labute approximate surface area is 237 Å². The van der Waals surface area contributed by atoms with E-state index in [4.69, 9.17) is 10.5 Å². The third-order valence-electron chi connectivity index (χ3n) is 7.79. The Kier molecular flexibility index (Phi) is 9.98. The molecule has 8 heteroatoms. The summed E-state index contributed by atoms with van der Waals surface area (Å²) in [5, 5.41) is 7.99. The molecule has 40 heavy (non-hydrogen) atoms. The Hall–Kier alpha value is -3.23. The van der Waals surface area contributed by atoms with Gasteiger partial charge in [-0.05, 0) is 67.5 Å². The molecule has 2 aromatic carbocycles. The minimum Gasteiger partial charge on any atom is -0.381 e. The molecule has 0 unspecified atom stereocenters. The summed E-state index contributed by atoms with van der Waals surface area (Å²) in [6, 6.07) is 11.7. The number of fused-ring (bicyclic) bond motifs is 3. The van der Waals surface area contributed by atoms with Gasteiger partial charge in [-0.25, -0.2) is 9.37 Å². The van der Waals surface area contributed by atoms with E-state index in [0.29, 0.717) is 17.9 Å². The van der Waals surface area contributed by atoms with Crippen molar-refractivity contribution >= 4 is 33.7 Å². The SMILES string of the molecule is CC.CCCCNc1nc(N)nc2c3cc(F)ccc3n(Cc3cc(CNC4(C)CCOCC4)ccc3CC)c12. The first-order chi connectivity index (χ1) is 19.4. The number of anilines is 2. The van der Waals surface area contributed by atoms with E-state index in [1.807, 2.05) is 19.9 Å². The normalized spacial score (nSPS) is 14.8. The number of aryl methyl sites for hydroxylation is 1. The molecule has 1 aliphatic heterocycles. The maximum atomic E-state index is 14.4. The summed E-state index contributed by atoms with van der Waals surface area (Å²) in [4.78, 5) is 9.13. The molecule has 1 saturated heterocycles. The highest BCUT2D eigenvalue weighted by Gasteiger charge is 2.26. The second kappa shape index (κ2) is 13.4. The van der Waals surface area contributed by atoms with Crippen molar-refractivity contribution in [3.05, 3.63) is 58.9 Å². The van der Waals surface area contributed by atoms with Crippen molar-refractivity contribution in [3.8, 4) is 0 Å². The Morgan fingerprint density at radius 3 is 2.55 bits per heavy atom. The lowest BCUT2D eigenvalue weighted by Crippen LogP contribution is -2.46. The third-order valence-corrected chi connectivity index (χ3v) is 7.79. The van der Waals surface area contributed by atoms with Crippen LogP contribution in [0.4, 0.5) is 16.2 Å². The van der Waals surface area contributed by atoms with Gasteiger partial charge >= 0.3 is 0 Å². The fraction of sp³-hybridized carbons (Fsp3) is 0.500. The zero-order valence-corrected chi connectivity index (χ0v) is 24.7. The van der Waals surface area contributed by atoms with Gasteiger partial charge in [-0.1, -0.05) is 52.3 Å². The van der Waals surface area contributed by atoms with Crippen LogP contribution in [-0.4, -0.2) is 39.8 Å². The number of rotatable bonds is 10. The topological polar surface area (TPSA) is 90.0 Å². The average molecular weight is 549 g/mol. The van der Waals surface area contributed by atoms with E-state index in [-0.39, 0.29) is 17.3 Å². The van der Waals surface area contributed by atoms with Crippen molar-refractivity contribution in [1.82, 2.24) is 19.9 Å². The third kappa shape index (κ3) is 6.56. The summed E-state index contributed by atoms with van der Waals surface area (Å²) in [6.45, 7) is 14.4. The largest absolute Gasteiger partial charge is 0.381 e. The molecule has 2 aromatic heterocycles. The number of aromatic nitrogens is 3. The lowest BCUT2D eigenvalue weighted by Gasteiger charge is -2.34. The molecule has 0 spiro atoms. The number of nitrogens with zero attached hydrogens (tertiary/aromatic N) is 3.